The molecule has 0 saturated heterocycles. The van der Waals surface area contributed by atoms with Gasteiger partial charge in [0.1, 0.15) is 5.69 Å². The molecule has 8 heteroatoms. The Balaban J connectivity index is 1.92. The Hall–Kier alpha value is -3.29. The fraction of sp³-hybridized carbons (Fsp3) is 0.0714. The van der Waals surface area contributed by atoms with Crippen LogP contribution in [0.3, 0.4) is 0 Å². The highest BCUT2D eigenvalue weighted by Crippen LogP contribution is 2.20. The largest absolute Gasteiger partial charge is 0.399 e. The van der Waals surface area contributed by atoms with Gasteiger partial charge < -0.3 is 5.73 Å². The minimum atomic E-state index is -0.390. The summed E-state index contributed by atoms with van der Waals surface area (Å²) in [7, 11) is 0. The van der Waals surface area contributed by atoms with E-state index in [9.17, 15) is 4.79 Å². The van der Waals surface area contributed by atoms with E-state index in [0.29, 0.717) is 11.4 Å². The van der Waals surface area contributed by atoms with Crippen LogP contribution in [0.15, 0.2) is 36.4 Å². The molecule has 0 unspecified atom stereocenters. The topological polar surface area (TPSA) is 122 Å². The van der Waals surface area contributed by atoms with Gasteiger partial charge in [0, 0.05) is 11.3 Å². The predicted molar refractivity (Wildman–Crippen MR) is 81.0 cm³/mol. The summed E-state index contributed by atoms with van der Waals surface area (Å²) in [6.45, 7) is 1.90. The maximum Gasteiger partial charge on any atom is 0.276 e. The first-order valence-electron chi connectivity index (χ1n) is 6.51. The summed E-state index contributed by atoms with van der Waals surface area (Å²) in [5, 5.41) is 15.4. The summed E-state index contributed by atoms with van der Waals surface area (Å²) in [4.78, 5) is 16.6. The Kier molecular flexibility index (Phi) is 3.48. The lowest BCUT2D eigenvalue weighted by atomic mass is 10.1. The minimum absolute atomic E-state index is 0.169. The molecule has 0 atom stereocenters. The molecule has 4 N–H and O–H groups in total. The van der Waals surface area contributed by atoms with Crippen LogP contribution in [-0.4, -0.2) is 31.5 Å². The number of carbonyl (C=O) groups excluding carboxylic acids is 1. The second kappa shape index (κ2) is 5.60. The quantitative estimate of drug-likeness (QED) is 0.628. The molecule has 1 aromatic carbocycles. The lowest BCUT2D eigenvalue weighted by molar-refractivity contribution is 0.102. The molecule has 3 rings (SSSR count). The van der Waals surface area contributed by atoms with Crippen molar-refractivity contribution in [3.8, 4) is 11.3 Å². The number of hydrogen-bond donors (Lipinski definition) is 3. The molecule has 110 valence electrons. The number of H-pyrrole nitrogens is 1. The average Bonchev–Trinajstić information content (AvgIpc) is 3.00. The zero-order valence-corrected chi connectivity index (χ0v) is 11.7. The Morgan fingerprint density at radius 3 is 2.68 bits per heavy atom. The molecule has 0 bridgehead atoms. The standard InChI is InChI=1S/C14H13N7O/c1-8-6-11(9-2-4-10(15)5-3-9)16-12(7-8)13(22)17-14-18-20-21-19-14/h2-7H,15H2,1H3,(H2,17,18,19,20,21,22). The lowest BCUT2D eigenvalue weighted by Gasteiger charge is -2.07. The van der Waals surface area contributed by atoms with E-state index in [2.05, 4.69) is 30.9 Å². The number of carbonyl (C=O) groups is 1. The monoisotopic (exact) mass is 295 g/mol. The normalized spacial score (nSPS) is 10.4. The fourth-order valence-corrected chi connectivity index (χ4v) is 1.97. The van der Waals surface area contributed by atoms with E-state index < -0.39 is 0 Å². The van der Waals surface area contributed by atoms with Crippen molar-refractivity contribution in [2.45, 2.75) is 6.92 Å². The summed E-state index contributed by atoms with van der Waals surface area (Å²) in [6, 6.07) is 10.9. The Labute approximate surface area is 125 Å². The zero-order valence-electron chi connectivity index (χ0n) is 11.7. The van der Waals surface area contributed by atoms with Crippen molar-refractivity contribution in [3.63, 3.8) is 0 Å². The number of anilines is 2. The van der Waals surface area contributed by atoms with Crippen LogP contribution in [-0.2, 0) is 0 Å². The summed E-state index contributed by atoms with van der Waals surface area (Å²) in [5.41, 5.74) is 9.13. The molecule has 22 heavy (non-hydrogen) atoms. The highest BCUT2D eigenvalue weighted by molar-refractivity contribution is 6.02. The molecule has 0 aliphatic carbocycles. The van der Waals surface area contributed by atoms with E-state index in [1.165, 1.54) is 0 Å². The highest BCUT2D eigenvalue weighted by atomic mass is 16.2. The van der Waals surface area contributed by atoms with Crippen LogP contribution >= 0.6 is 0 Å². The third-order valence-electron chi connectivity index (χ3n) is 2.99. The summed E-state index contributed by atoms with van der Waals surface area (Å²) < 4.78 is 0. The number of tetrazole rings is 1. The predicted octanol–water partition coefficient (Wildman–Crippen LogP) is 1.40. The van der Waals surface area contributed by atoms with Gasteiger partial charge in [0.25, 0.3) is 5.91 Å². The molecule has 2 aromatic heterocycles. The second-order valence-electron chi connectivity index (χ2n) is 4.74. The molecule has 0 radical (unpaired) electrons. The van der Waals surface area contributed by atoms with E-state index in [-0.39, 0.29) is 17.5 Å². The van der Waals surface area contributed by atoms with Crippen LogP contribution in [0.4, 0.5) is 11.6 Å². The molecule has 1 amide bonds. The van der Waals surface area contributed by atoms with Crippen molar-refractivity contribution in [1.29, 1.82) is 0 Å². The number of benzene rings is 1. The van der Waals surface area contributed by atoms with E-state index in [4.69, 9.17) is 5.73 Å². The number of aryl methyl sites for hydroxylation is 1. The number of hydrogen-bond acceptors (Lipinski definition) is 6. The zero-order chi connectivity index (χ0) is 15.5. The van der Waals surface area contributed by atoms with Crippen molar-refractivity contribution in [3.05, 3.63) is 47.7 Å². The van der Waals surface area contributed by atoms with Gasteiger partial charge in [-0.25, -0.2) is 10.1 Å². The van der Waals surface area contributed by atoms with Gasteiger partial charge in [-0.3, -0.25) is 10.1 Å². The average molecular weight is 295 g/mol. The lowest BCUT2D eigenvalue weighted by Crippen LogP contribution is -2.15. The Morgan fingerprint density at radius 1 is 1.23 bits per heavy atom. The van der Waals surface area contributed by atoms with Crippen molar-refractivity contribution < 1.29 is 4.79 Å². The van der Waals surface area contributed by atoms with Gasteiger partial charge in [0.15, 0.2) is 0 Å². The van der Waals surface area contributed by atoms with Gasteiger partial charge in [-0.1, -0.05) is 17.2 Å². The number of rotatable bonds is 3. The number of aromatic amines is 1. The van der Waals surface area contributed by atoms with Crippen molar-refractivity contribution in [2.24, 2.45) is 0 Å². The smallest absolute Gasteiger partial charge is 0.276 e. The summed E-state index contributed by atoms with van der Waals surface area (Å²) in [6.07, 6.45) is 0. The summed E-state index contributed by atoms with van der Waals surface area (Å²) >= 11 is 0. The van der Waals surface area contributed by atoms with Crippen LogP contribution < -0.4 is 11.1 Å². The van der Waals surface area contributed by atoms with E-state index >= 15 is 0 Å². The molecule has 0 spiro atoms. The van der Waals surface area contributed by atoms with E-state index in [0.717, 1.165) is 11.1 Å². The molecule has 0 aliphatic rings. The molecule has 2 heterocycles. The molecular weight excluding hydrogens is 282 g/mol. The van der Waals surface area contributed by atoms with Gasteiger partial charge in [-0.2, -0.15) is 0 Å². The molecule has 3 aromatic rings. The molecular formula is C14H13N7O. The minimum Gasteiger partial charge on any atom is -0.399 e. The van der Waals surface area contributed by atoms with Crippen LogP contribution in [0, 0.1) is 6.92 Å². The first-order valence-corrected chi connectivity index (χ1v) is 6.51. The highest BCUT2D eigenvalue weighted by Gasteiger charge is 2.12. The van der Waals surface area contributed by atoms with Crippen molar-refractivity contribution in [1.82, 2.24) is 25.6 Å². The van der Waals surface area contributed by atoms with Gasteiger partial charge in [0.05, 0.1) is 5.69 Å². The van der Waals surface area contributed by atoms with Crippen LogP contribution in [0.5, 0.6) is 0 Å². The van der Waals surface area contributed by atoms with Gasteiger partial charge >= 0.3 is 0 Å². The Bertz CT molecular complexity index is 797. The number of aromatic nitrogens is 5. The van der Waals surface area contributed by atoms with Gasteiger partial charge in [-0.05, 0) is 47.2 Å². The van der Waals surface area contributed by atoms with Crippen LogP contribution in [0.25, 0.3) is 11.3 Å². The van der Waals surface area contributed by atoms with Crippen molar-refractivity contribution in [2.75, 3.05) is 11.1 Å². The molecule has 8 nitrogen and oxygen atoms in total. The van der Waals surface area contributed by atoms with Gasteiger partial charge in [-0.15, -0.1) is 0 Å². The maximum atomic E-state index is 12.2. The number of nitrogen functional groups attached to an aromatic ring is 1. The van der Waals surface area contributed by atoms with Gasteiger partial charge in [0.2, 0.25) is 5.95 Å². The summed E-state index contributed by atoms with van der Waals surface area (Å²) in [5.74, 6) is -0.221. The number of amides is 1. The van der Waals surface area contributed by atoms with Crippen LogP contribution in [0.1, 0.15) is 16.1 Å². The Morgan fingerprint density at radius 2 is 2.00 bits per heavy atom. The number of pyridine rings is 1. The first kappa shape index (κ1) is 13.7. The first-order chi connectivity index (χ1) is 10.6. The number of nitrogens with one attached hydrogen (secondary N) is 2. The molecule has 0 saturated carbocycles. The fourth-order valence-electron chi connectivity index (χ4n) is 1.97. The van der Waals surface area contributed by atoms with Crippen LogP contribution in [0.2, 0.25) is 0 Å². The maximum absolute atomic E-state index is 12.2. The molecule has 0 aliphatic heterocycles. The molecule has 0 fully saturated rings. The van der Waals surface area contributed by atoms with E-state index in [1.807, 2.05) is 25.1 Å². The third kappa shape index (κ3) is 2.90. The number of nitrogens with two attached hydrogens (primary N) is 1. The number of nitrogens with zero attached hydrogens (tertiary/aromatic N) is 4. The third-order valence-corrected chi connectivity index (χ3v) is 2.99. The van der Waals surface area contributed by atoms with E-state index in [1.54, 1.807) is 18.2 Å². The SMILES string of the molecule is Cc1cc(C(=O)Nc2nnn[nH]2)nc(-c2ccc(N)cc2)c1. The second-order valence-corrected chi connectivity index (χ2v) is 4.74. The van der Waals surface area contributed by atoms with Crippen molar-refractivity contribution >= 4 is 17.5 Å².